The van der Waals surface area contributed by atoms with Crippen molar-refractivity contribution in [2.75, 3.05) is 0 Å². The van der Waals surface area contributed by atoms with Gasteiger partial charge in [0.05, 0.1) is 0 Å². The molecular formula is C7H12N2OS. The predicted molar refractivity (Wildman–Crippen MR) is 44.9 cm³/mol. The van der Waals surface area contributed by atoms with Crippen LogP contribution in [0.5, 0.6) is 0 Å². The van der Waals surface area contributed by atoms with E-state index in [0.717, 1.165) is 18.7 Å². The Morgan fingerprint density at radius 3 is 2.91 bits per heavy atom. The number of nitrogens with zero attached hydrogens (tertiary/aromatic N) is 1. The molecule has 0 bridgehead atoms. The number of aryl methyl sites for hydroxylation is 1. The summed E-state index contributed by atoms with van der Waals surface area (Å²) in [4.78, 5) is 0.372. The smallest absolute Gasteiger partial charge is 0.284 e. The highest BCUT2D eigenvalue weighted by Crippen LogP contribution is 2.02. The number of nitrogens with one attached hydrogen (secondary N) is 1. The van der Waals surface area contributed by atoms with E-state index in [1.165, 1.54) is 12.8 Å². The largest absolute Gasteiger partial charge is 0.414 e. The van der Waals surface area contributed by atoms with Crippen LogP contribution in [0.1, 0.15) is 32.1 Å². The van der Waals surface area contributed by atoms with E-state index >= 15 is 0 Å². The van der Waals surface area contributed by atoms with Gasteiger partial charge in [0, 0.05) is 6.42 Å². The minimum Gasteiger partial charge on any atom is -0.414 e. The fraction of sp³-hybridized carbons (Fsp3) is 0.714. The van der Waals surface area contributed by atoms with Gasteiger partial charge in [-0.1, -0.05) is 19.8 Å². The van der Waals surface area contributed by atoms with Crippen LogP contribution in [0.3, 0.4) is 0 Å². The summed E-state index contributed by atoms with van der Waals surface area (Å²) < 4.78 is 5.08. The Morgan fingerprint density at radius 2 is 2.36 bits per heavy atom. The second-order valence-corrected chi connectivity index (χ2v) is 2.83. The number of H-pyrrole nitrogens is 1. The van der Waals surface area contributed by atoms with Crippen molar-refractivity contribution in [1.29, 1.82) is 0 Å². The summed E-state index contributed by atoms with van der Waals surface area (Å²) in [5, 5.41) is 6.49. The summed E-state index contributed by atoms with van der Waals surface area (Å²) in [6.07, 6.45) is 4.45. The number of unbranched alkanes of at least 4 members (excludes halogenated alkanes) is 2. The highest BCUT2D eigenvalue weighted by atomic mass is 32.1. The Bertz CT molecular complexity index is 253. The standard InChI is InChI=1S/C7H12N2OS/c1-2-3-4-5-6-8-9-7(11)10-6/h2-5H2,1H3,(H,9,11). The van der Waals surface area contributed by atoms with Crippen molar-refractivity contribution >= 4 is 12.2 Å². The normalized spacial score (nSPS) is 10.3. The zero-order chi connectivity index (χ0) is 8.10. The van der Waals surface area contributed by atoms with E-state index in [4.69, 9.17) is 16.6 Å². The molecule has 0 spiro atoms. The topological polar surface area (TPSA) is 41.8 Å². The summed E-state index contributed by atoms with van der Waals surface area (Å²) in [6.45, 7) is 2.17. The Labute approximate surface area is 70.8 Å². The first-order chi connectivity index (χ1) is 5.33. The first-order valence-corrected chi connectivity index (χ1v) is 4.28. The number of aromatic amines is 1. The molecule has 0 saturated carbocycles. The molecule has 0 atom stereocenters. The summed E-state index contributed by atoms with van der Waals surface area (Å²) >= 11 is 4.73. The van der Waals surface area contributed by atoms with E-state index in [1.54, 1.807) is 0 Å². The van der Waals surface area contributed by atoms with Crippen molar-refractivity contribution in [3.8, 4) is 0 Å². The molecule has 0 amide bonds. The van der Waals surface area contributed by atoms with E-state index < -0.39 is 0 Å². The van der Waals surface area contributed by atoms with Crippen LogP contribution in [0.15, 0.2) is 4.42 Å². The lowest BCUT2D eigenvalue weighted by Gasteiger charge is -1.91. The van der Waals surface area contributed by atoms with Crippen molar-refractivity contribution in [3.05, 3.63) is 10.7 Å². The van der Waals surface area contributed by atoms with Crippen LogP contribution in [0, 0.1) is 4.84 Å². The van der Waals surface area contributed by atoms with Gasteiger partial charge in [0.2, 0.25) is 5.89 Å². The van der Waals surface area contributed by atoms with Gasteiger partial charge in [-0.3, -0.25) is 0 Å². The van der Waals surface area contributed by atoms with Crippen molar-refractivity contribution in [2.45, 2.75) is 32.6 Å². The average Bonchev–Trinajstić information content (AvgIpc) is 2.37. The molecule has 0 aliphatic heterocycles. The van der Waals surface area contributed by atoms with Gasteiger partial charge in [-0.25, -0.2) is 5.10 Å². The second-order valence-electron chi connectivity index (χ2n) is 2.46. The van der Waals surface area contributed by atoms with Crippen LogP contribution in [-0.2, 0) is 6.42 Å². The number of hydrogen-bond donors (Lipinski definition) is 1. The van der Waals surface area contributed by atoms with Crippen LogP contribution >= 0.6 is 12.2 Å². The minimum absolute atomic E-state index is 0.372. The monoisotopic (exact) mass is 172 g/mol. The molecule has 0 radical (unpaired) electrons. The fourth-order valence-electron chi connectivity index (χ4n) is 0.894. The Balaban J connectivity index is 2.33. The summed E-state index contributed by atoms with van der Waals surface area (Å²) in [6, 6.07) is 0. The zero-order valence-electron chi connectivity index (χ0n) is 6.59. The molecule has 1 N–H and O–H groups in total. The average molecular weight is 172 g/mol. The van der Waals surface area contributed by atoms with E-state index in [1.807, 2.05) is 0 Å². The van der Waals surface area contributed by atoms with Crippen molar-refractivity contribution in [3.63, 3.8) is 0 Å². The van der Waals surface area contributed by atoms with Crippen molar-refractivity contribution in [1.82, 2.24) is 10.2 Å². The molecule has 0 unspecified atom stereocenters. The molecule has 1 rings (SSSR count). The van der Waals surface area contributed by atoms with Crippen molar-refractivity contribution < 1.29 is 4.42 Å². The highest BCUT2D eigenvalue weighted by molar-refractivity contribution is 7.71. The Kier molecular flexibility index (Phi) is 3.29. The number of aromatic nitrogens is 2. The molecule has 1 heterocycles. The van der Waals surface area contributed by atoms with Crippen LogP contribution < -0.4 is 0 Å². The quantitative estimate of drug-likeness (QED) is 0.560. The third-order valence-corrected chi connectivity index (χ3v) is 1.65. The molecular weight excluding hydrogens is 160 g/mol. The molecule has 4 heteroatoms. The molecule has 3 nitrogen and oxygen atoms in total. The van der Waals surface area contributed by atoms with Crippen LogP contribution in [0.4, 0.5) is 0 Å². The first-order valence-electron chi connectivity index (χ1n) is 3.87. The third kappa shape index (κ3) is 2.84. The van der Waals surface area contributed by atoms with Gasteiger partial charge in [-0.05, 0) is 18.6 Å². The number of hydrogen-bond acceptors (Lipinski definition) is 3. The Hall–Kier alpha value is -0.640. The molecule has 0 aliphatic carbocycles. The lowest BCUT2D eigenvalue weighted by molar-refractivity contribution is 0.470. The maximum atomic E-state index is 5.08. The SMILES string of the molecule is CCCCCc1n[nH]c(=S)o1. The van der Waals surface area contributed by atoms with Crippen molar-refractivity contribution in [2.24, 2.45) is 0 Å². The maximum Gasteiger partial charge on any atom is 0.284 e. The number of rotatable bonds is 4. The third-order valence-electron chi connectivity index (χ3n) is 1.48. The molecule has 0 aromatic carbocycles. The van der Waals surface area contributed by atoms with Crippen LogP contribution in [0.25, 0.3) is 0 Å². The van der Waals surface area contributed by atoms with E-state index in [-0.39, 0.29) is 0 Å². The van der Waals surface area contributed by atoms with Crippen LogP contribution in [0.2, 0.25) is 0 Å². The van der Waals surface area contributed by atoms with Gasteiger partial charge < -0.3 is 4.42 Å². The van der Waals surface area contributed by atoms with E-state index in [0.29, 0.717) is 4.84 Å². The second kappa shape index (κ2) is 4.28. The van der Waals surface area contributed by atoms with Gasteiger partial charge in [-0.2, -0.15) is 0 Å². The van der Waals surface area contributed by atoms with Gasteiger partial charge in [0.15, 0.2) is 0 Å². The maximum absolute atomic E-state index is 5.08. The lowest BCUT2D eigenvalue weighted by Crippen LogP contribution is -1.84. The summed E-state index contributed by atoms with van der Waals surface area (Å²) in [5.74, 6) is 0.725. The molecule has 0 aliphatic rings. The van der Waals surface area contributed by atoms with Gasteiger partial charge in [0.25, 0.3) is 4.84 Å². The molecule has 1 aromatic rings. The fourth-order valence-corrected chi connectivity index (χ4v) is 1.04. The molecule has 0 saturated heterocycles. The first kappa shape index (κ1) is 8.46. The molecule has 62 valence electrons. The minimum atomic E-state index is 0.372. The molecule has 1 aromatic heterocycles. The molecule has 0 fully saturated rings. The lowest BCUT2D eigenvalue weighted by atomic mass is 10.2. The van der Waals surface area contributed by atoms with E-state index in [2.05, 4.69) is 17.1 Å². The predicted octanol–water partition coefficient (Wildman–Crippen LogP) is 2.46. The molecule has 11 heavy (non-hydrogen) atoms. The van der Waals surface area contributed by atoms with Gasteiger partial charge >= 0.3 is 0 Å². The Morgan fingerprint density at radius 1 is 1.55 bits per heavy atom. The highest BCUT2D eigenvalue weighted by Gasteiger charge is 1.97. The zero-order valence-corrected chi connectivity index (χ0v) is 7.41. The van der Waals surface area contributed by atoms with Gasteiger partial charge in [0.1, 0.15) is 0 Å². The summed E-state index contributed by atoms with van der Waals surface area (Å²) in [7, 11) is 0. The van der Waals surface area contributed by atoms with Gasteiger partial charge in [-0.15, -0.1) is 5.10 Å². The van der Waals surface area contributed by atoms with E-state index in [9.17, 15) is 0 Å². The van der Waals surface area contributed by atoms with Crippen LogP contribution in [-0.4, -0.2) is 10.2 Å². The summed E-state index contributed by atoms with van der Waals surface area (Å²) in [5.41, 5.74) is 0.